The zero-order chi connectivity index (χ0) is 14.3. The Kier molecular flexibility index (Phi) is 7.20. The fourth-order valence-corrected chi connectivity index (χ4v) is 2.58. The molecule has 0 aromatic heterocycles. The first-order valence-corrected chi connectivity index (χ1v) is 7.30. The molecule has 0 aliphatic carbocycles. The van der Waals surface area contributed by atoms with Crippen LogP contribution in [0.3, 0.4) is 0 Å². The van der Waals surface area contributed by atoms with E-state index in [2.05, 4.69) is 22.9 Å². The number of halogens is 1. The number of hydrogen-bond acceptors (Lipinski definition) is 3. The minimum atomic E-state index is 0.209. The van der Waals surface area contributed by atoms with Gasteiger partial charge >= 0.3 is 0 Å². The van der Waals surface area contributed by atoms with E-state index < -0.39 is 0 Å². The van der Waals surface area contributed by atoms with Crippen molar-refractivity contribution < 1.29 is 19.5 Å². The van der Waals surface area contributed by atoms with E-state index in [1.54, 1.807) is 14.2 Å². The molecule has 0 amide bonds. The lowest BCUT2D eigenvalue weighted by molar-refractivity contribution is -0.914. The number of quaternary nitrogens is 1. The molecule has 1 unspecified atom stereocenters. The number of aliphatic hydroxyl groups is 1. The number of rotatable bonds is 8. The summed E-state index contributed by atoms with van der Waals surface area (Å²) in [5, 5.41) is 9.12. The van der Waals surface area contributed by atoms with Crippen molar-refractivity contribution in [2.45, 2.75) is 19.9 Å². The van der Waals surface area contributed by atoms with Crippen LogP contribution in [-0.4, -0.2) is 39.0 Å². The molecule has 0 saturated heterocycles. The predicted molar refractivity (Wildman–Crippen MR) is 79.0 cm³/mol. The van der Waals surface area contributed by atoms with Gasteiger partial charge in [0.1, 0.15) is 13.1 Å². The first-order valence-electron chi connectivity index (χ1n) is 6.51. The molecule has 1 aromatic rings. The Morgan fingerprint density at radius 2 is 1.79 bits per heavy atom. The van der Waals surface area contributed by atoms with Crippen LogP contribution in [0.25, 0.3) is 0 Å². The lowest BCUT2D eigenvalue weighted by Crippen LogP contribution is -3.11. The third-order valence-electron chi connectivity index (χ3n) is 3.06. The molecule has 4 nitrogen and oxygen atoms in total. The highest BCUT2D eigenvalue weighted by Gasteiger charge is 2.14. The molecule has 108 valence electrons. The third kappa shape index (κ3) is 4.67. The van der Waals surface area contributed by atoms with Crippen molar-refractivity contribution in [1.29, 1.82) is 0 Å². The maximum absolute atomic E-state index is 9.12. The van der Waals surface area contributed by atoms with Crippen LogP contribution in [0.2, 0.25) is 0 Å². The second-order valence-corrected chi connectivity index (χ2v) is 5.30. The smallest absolute Gasteiger partial charge is 0.161 e. The maximum atomic E-state index is 9.12. The fraction of sp³-hybridized carbons (Fsp3) is 0.571. The van der Waals surface area contributed by atoms with E-state index >= 15 is 0 Å². The lowest BCUT2D eigenvalue weighted by atomic mass is 10.2. The number of methoxy groups -OCH3 is 2. The number of hydrogen-bond donors (Lipinski definition) is 2. The van der Waals surface area contributed by atoms with E-state index in [1.807, 2.05) is 12.1 Å². The summed E-state index contributed by atoms with van der Waals surface area (Å²) in [4.78, 5) is 1.36. The molecular formula is C14H23BrNO3+. The zero-order valence-electron chi connectivity index (χ0n) is 11.8. The topological polar surface area (TPSA) is 43.1 Å². The second-order valence-electron chi connectivity index (χ2n) is 4.45. The lowest BCUT2D eigenvalue weighted by Gasteiger charge is -2.19. The van der Waals surface area contributed by atoms with Gasteiger partial charge in [-0.3, -0.25) is 0 Å². The van der Waals surface area contributed by atoms with E-state index in [4.69, 9.17) is 14.6 Å². The number of ether oxygens (including phenoxy) is 2. The molecule has 0 aliphatic rings. The highest BCUT2D eigenvalue weighted by atomic mass is 79.9. The summed E-state index contributed by atoms with van der Waals surface area (Å²) in [6, 6.07) is 3.92. The van der Waals surface area contributed by atoms with Crippen molar-refractivity contribution in [3.05, 3.63) is 22.2 Å². The van der Waals surface area contributed by atoms with Gasteiger partial charge in [0.2, 0.25) is 0 Å². The molecule has 1 aromatic carbocycles. The summed E-state index contributed by atoms with van der Waals surface area (Å²) < 4.78 is 11.6. The van der Waals surface area contributed by atoms with E-state index in [1.165, 1.54) is 4.90 Å². The van der Waals surface area contributed by atoms with Gasteiger partial charge < -0.3 is 19.5 Å². The highest BCUT2D eigenvalue weighted by Crippen LogP contribution is 2.32. The summed E-state index contributed by atoms with van der Waals surface area (Å²) >= 11 is 3.57. The van der Waals surface area contributed by atoms with E-state index in [0.29, 0.717) is 0 Å². The molecule has 5 heteroatoms. The van der Waals surface area contributed by atoms with Crippen molar-refractivity contribution in [3.8, 4) is 11.5 Å². The van der Waals surface area contributed by atoms with Gasteiger partial charge in [-0.2, -0.15) is 0 Å². The molecule has 0 fully saturated rings. The first-order chi connectivity index (χ1) is 9.15. The van der Waals surface area contributed by atoms with Crippen LogP contribution in [0, 0.1) is 0 Å². The van der Waals surface area contributed by atoms with Gasteiger partial charge in [0.05, 0.1) is 27.4 Å². The van der Waals surface area contributed by atoms with Crippen molar-refractivity contribution in [2.75, 3.05) is 33.9 Å². The molecule has 1 rings (SSSR count). The molecule has 1 atom stereocenters. The Labute approximate surface area is 123 Å². The predicted octanol–water partition coefficient (Wildman–Crippen LogP) is 1.25. The van der Waals surface area contributed by atoms with E-state index in [9.17, 15) is 0 Å². The minimum Gasteiger partial charge on any atom is -0.493 e. The first kappa shape index (κ1) is 16.3. The third-order valence-corrected chi connectivity index (χ3v) is 3.80. The van der Waals surface area contributed by atoms with Gasteiger partial charge in [-0.1, -0.05) is 22.9 Å². The Morgan fingerprint density at radius 3 is 2.32 bits per heavy atom. The molecule has 0 spiro atoms. The molecule has 0 radical (unpaired) electrons. The maximum Gasteiger partial charge on any atom is 0.161 e. The molecule has 0 aliphatic heterocycles. The monoisotopic (exact) mass is 332 g/mol. The Balaban J connectivity index is 2.92. The van der Waals surface area contributed by atoms with Crippen LogP contribution in [0.1, 0.15) is 18.9 Å². The quantitative estimate of drug-likeness (QED) is 0.753. The summed E-state index contributed by atoms with van der Waals surface area (Å²) in [6.45, 7) is 5.02. The van der Waals surface area contributed by atoms with Crippen LogP contribution in [0.4, 0.5) is 0 Å². The fourth-order valence-electron chi connectivity index (χ4n) is 2.11. The van der Waals surface area contributed by atoms with Gasteiger partial charge in [0, 0.05) is 10.0 Å². The average Bonchev–Trinajstić information content (AvgIpc) is 2.41. The summed E-state index contributed by atoms with van der Waals surface area (Å²) in [5.41, 5.74) is 1.16. The number of benzene rings is 1. The van der Waals surface area contributed by atoms with Crippen LogP contribution in [0.5, 0.6) is 11.5 Å². The van der Waals surface area contributed by atoms with Crippen LogP contribution < -0.4 is 14.4 Å². The van der Waals surface area contributed by atoms with Crippen molar-refractivity contribution in [2.24, 2.45) is 0 Å². The normalized spacial score (nSPS) is 12.3. The number of nitrogens with one attached hydrogen (secondary N) is 1. The van der Waals surface area contributed by atoms with Crippen molar-refractivity contribution in [3.63, 3.8) is 0 Å². The second kappa shape index (κ2) is 8.40. The van der Waals surface area contributed by atoms with Crippen LogP contribution in [0.15, 0.2) is 16.6 Å². The van der Waals surface area contributed by atoms with Crippen molar-refractivity contribution >= 4 is 15.9 Å². The van der Waals surface area contributed by atoms with Crippen LogP contribution in [-0.2, 0) is 6.54 Å². The van der Waals surface area contributed by atoms with Gasteiger partial charge in [-0.05, 0) is 18.6 Å². The molecule has 2 N–H and O–H groups in total. The Bertz CT molecular complexity index is 393. The Morgan fingerprint density at radius 1 is 1.16 bits per heavy atom. The summed E-state index contributed by atoms with van der Waals surface area (Å²) in [6.07, 6.45) is 1.10. The van der Waals surface area contributed by atoms with Gasteiger partial charge in [-0.25, -0.2) is 0 Å². The summed E-state index contributed by atoms with van der Waals surface area (Å²) in [5.74, 6) is 1.46. The molecule has 0 saturated carbocycles. The van der Waals surface area contributed by atoms with E-state index in [0.717, 1.165) is 47.6 Å². The molecule has 19 heavy (non-hydrogen) atoms. The standard InChI is InChI=1S/C14H22BrNO3/c1-4-5-16(6-7-17)10-11-8-13(18-2)14(19-3)9-12(11)15/h8-9,17H,4-7,10H2,1-3H3/p+1. The average molecular weight is 333 g/mol. The van der Waals surface area contributed by atoms with Crippen molar-refractivity contribution in [1.82, 2.24) is 0 Å². The largest absolute Gasteiger partial charge is 0.493 e. The van der Waals surface area contributed by atoms with Gasteiger partial charge in [0.25, 0.3) is 0 Å². The van der Waals surface area contributed by atoms with Crippen LogP contribution >= 0.6 is 15.9 Å². The molecule has 0 bridgehead atoms. The molecular weight excluding hydrogens is 310 g/mol. The highest BCUT2D eigenvalue weighted by molar-refractivity contribution is 9.10. The minimum absolute atomic E-state index is 0.209. The SMILES string of the molecule is CCC[NH+](CCO)Cc1cc(OC)c(OC)cc1Br. The van der Waals surface area contributed by atoms with Gasteiger partial charge in [0.15, 0.2) is 11.5 Å². The number of aliphatic hydroxyl groups excluding tert-OH is 1. The Hall–Kier alpha value is -0.780. The molecule has 0 heterocycles. The zero-order valence-corrected chi connectivity index (χ0v) is 13.4. The summed E-state index contributed by atoms with van der Waals surface area (Å²) in [7, 11) is 3.27. The van der Waals surface area contributed by atoms with E-state index in [-0.39, 0.29) is 6.61 Å². The van der Waals surface area contributed by atoms with Gasteiger partial charge in [-0.15, -0.1) is 0 Å².